The smallest absolute Gasteiger partial charge is 0.0886 e. The second kappa shape index (κ2) is 33.0. The number of para-hydroxylation sites is 4. The largest absolute Gasteiger partial charge is 0.256 e. The summed E-state index contributed by atoms with van der Waals surface area (Å²) in [6.45, 7) is 24.0. The molecule has 0 N–H and O–H groups in total. The molecule has 0 radical (unpaired) electrons. The first kappa shape index (κ1) is 42.3. The Hall–Kier alpha value is -4.18. The number of hydrogen-bond donors (Lipinski definition) is 0. The zero-order valence-electron chi connectivity index (χ0n) is 28.3. The summed E-state index contributed by atoms with van der Waals surface area (Å²) < 4.78 is 0. The first-order valence-electron chi connectivity index (χ1n) is 15.7. The Labute approximate surface area is 257 Å². The fraction of sp³-hybridized carbons (Fsp3) is 0.316. The van der Waals surface area contributed by atoms with E-state index in [2.05, 4.69) is 44.2 Å². The molecular formula is C38H56N4. The lowest BCUT2D eigenvalue weighted by molar-refractivity contribution is 1.29. The summed E-state index contributed by atoms with van der Waals surface area (Å²) in [5.74, 6) is 0. The van der Waals surface area contributed by atoms with Gasteiger partial charge in [-0.25, -0.2) is 0 Å². The molecule has 0 spiro atoms. The molecule has 0 aliphatic heterocycles. The molecule has 0 aliphatic carbocycles. The van der Waals surface area contributed by atoms with Gasteiger partial charge in [-0.15, -0.1) is 0 Å². The maximum atomic E-state index is 4.18. The van der Waals surface area contributed by atoms with Crippen molar-refractivity contribution in [2.24, 2.45) is 0 Å². The molecule has 0 unspecified atom stereocenters. The van der Waals surface area contributed by atoms with E-state index in [-0.39, 0.29) is 0 Å². The number of pyridine rings is 2. The van der Waals surface area contributed by atoms with Gasteiger partial charge in [-0.05, 0) is 36.4 Å². The van der Waals surface area contributed by atoms with Crippen LogP contribution in [-0.2, 0) is 0 Å². The summed E-state index contributed by atoms with van der Waals surface area (Å²) in [6, 6.07) is 32.0. The van der Waals surface area contributed by atoms with Crippen LogP contribution in [0.4, 0.5) is 0 Å². The van der Waals surface area contributed by atoms with Gasteiger partial charge in [0.05, 0.1) is 22.1 Å². The molecule has 0 fully saturated rings. The number of hydrogen-bond acceptors (Lipinski definition) is 4. The van der Waals surface area contributed by atoms with E-state index in [0.29, 0.717) is 0 Å². The van der Waals surface area contributed by atoms with E-state index in [1.165, 1.54) is 10.8 Å². The Bertz CT molecular complexity index is 1000. The first-order chi connectivity index (χ1) is 20.9. The van der Waals surface area contributed by atoms with Crippen LogP contribution in [-0.4, -0.2) is 19.9 Å². The van der Waals surface area contributed by atoms with Gasteiger partial charge in [0.1, 0.15) is 0 Å². The van der Waals surface area contributed by atoms with Crippen molar-refractivity contribution in [3.63, 3.8) is 0 Å². The molecule has 0 saturated carbocycles. The maximum absolute atomic E-state index is 4.18. The highest BCUT2D eigenvalue weighted by Crippen LogP contribution is 2.09. The van der Waals surface area contributed by atoms with Crippen LogP contribution < -0.4 is 0 Å². The molecule has 3 aromatic heterocycles. The van der Waals surface area contributed by atoms with E-state index in [1.54, 1.807) is 12.4 Å². The monoisotopic (exact) mass is 568 g/mol. The topological polar surface area (TPSA) is 51.6 Å². The molecule has 6 aromatic rings. The van der Waals surface area contributed by atoms with Crippen LogP contribution in [0.2, 0.25) is 0 Å². The van der Waals surface area contributed by atoms with Gasteiger partial charge in [0.2, 0.25) is 0 Å². The Balaban J connectivity index is -0.000000461. The highest BCUT2D eigenvalue weighted by Gasteiger charge is 1.89. The van der Waals surface area contributed by atoms with Crippen LogP contribution in [0.5, 0.6) is 0 Å². The molecule has 0 bridgehead atoms. The molecule has 4 heteroatoms. The lowest BCUT2D eigenvalue weighted by Crippen LogP contribution is -1.78. The van der Waals surface area contributed by atoms with Crippen LogP contribution >= 0.6 is 0 Å². The lowest BCUT2D eigenvalue weighted by Gasteiger charge is -1.91. The summed E-state index contributed by atoms with van der Waals surface area (Å²) in [4.78, 5) is 16.6. The van der Waals surface area contributed by atoms with Crippen LogP contribution in [0.25, 0.3) is 32.8 Å². The Morgan fingerprint density at radius 3 is 0.810 bits per heavy atom. The van der Waals surface area contributed by atoms with E-state index >= 15 is 0 Å². The van der Waals surface area contributed by atoms with Crippen LogP contribution in [0.1, 0.15) is 83.1 Å². The summed E-state index contributed by atoms with van der Waals surface area (Å²) in [6.07, 6.45) is 7.01. The highest BCUT2D eigenvalue weighted by atomic mass is 14.8. The average molecular weight is 569 g/mol. The Morgan fingerprint density at radius 2 is 0.500 bits per heavy atom. The molecule has 0 amide bonds. The van der Waals surface area contributed by atoms with Crippen molar-refractivity contribution in [3.05, 3.63) is 122 Å². The van der Waals surface area contributed by atoms with Gasteiger partial charge in [0, 0.05) is 35.6 Å². The number of aromatic nitrogens is 4. The van der Waals surface area contributed by atoms with Crippen LogP contribution in [0, 0.1) is 0 Å². The van der Waals surface area contributed by atoms with E-state index in [4.69, 9.17) is 0 Å². The van der Waals surface area contributed by atoms with Gasteiger partial charge in [-0.3, -0.25) is 19.9 Å². The van der Waals surface area contributed by atoms with E-state index < -0.39 is 0 Å². The van der Waals surface area contributed by atoms with Gasteiger partial charge in [-0.2, -0.15) is 0 Å². The van der Waals surface area contributed by atoms with Crippen molar-refractivity contribution in [2.45, 2.75) is 83.1 Å². The number of nitrogens with zero attached hydrogens (tertiary/aromatic N) is 4. The summed E-state index contributed by atoms with van der Waals surface area (Å²) in [7, 11) is 0. The number of fused-ring (bicyclic) bond motifs is 3. The van der Waals surface area contributed by atoms with E-state index in [0.717, 1.165) is 22.1 Å². The Kier molecular flexibility index (Phi) is 33.3. The zero-order chi connectivity index (χ0) is 32.4. The van der Waals surface area contributed by atoms with Crippen LogP contribution in [0.15, 0.2) is 122 Å². The third-order valence-corrected chi connectivity index (χ3v) is 4.40. The molecule has 0 aliphatic rings. The van der Waals surface area contributed by atoms with Crippen molar-refractivity contribution in [1.82, 2.24) is 19.9 Å². The molecule has 3 heterocycles. The molecule has 0 atom stereocenters. The fourth-order valence-electron chi connectivity index (χ4n) is 2.94. The minimum atomic E-state index is 0.949. The standard InChI is InChI=1S/2C9H7N.C8H6N2.6C2H6/c2*1-2-6-9-8(4-1)5-3-7-10-9;1-2-4-8-7(3-1)9-5-6-10-8;6*1-2/h2*1-7H;1-6H;6*1-2H3. The number of rotatable bonds is 0. The predicted molar refractivity (Wildman–Crippen MR) is 191 cm³/mol. The molecular weight excluding hydrogens is 512 g/mol. The lowest BCUT2D eigenvalue weighted by atomic mass is 10.2. The summed E-state index contributed by atoms with van der Waals surface area (Å²) in [5.41, 5.74) is 4.02. The third kappa shape index (κ3) is 17.5. The minimum Gasteiger partial charge on any atom is -0.256 e. The SMILES string of the molecule is CC.CC.CC.CC.CC.CC.c1ccc2ncccc2c1.c1ccc2ncccc2c1.c1ccc2nccnc2c1. The summed E-state index contributed by atoms with van der Waals surface area (Å²) >= 11 is 0. The second-order valence-corrected chi connectivity index (χ2v) is 6.44. The highest BCUT2D eigenvalue weighted by molar-refractivity contribution is 5.78. The van der Waals surface area contributed by atoms with Crippen molar-refractivity contribution >= 4 is 32.8 Å². The van der Waals surface area contributed by atoms with Crippen molar-refractivity contribution in [3.8, 4) is 0 Å². The molecule has 0 saturated heterocycles. The van der Waals surface area contributed by atoms with Gasteiger partial charge < -0.3 is 0 Å². The second-order valence-electron chi connectivity index (χ2n) is 6.44. The van der Waals surface area contributed by atoms with Crippen molar-refractivity contribution in [1.29, 1.82) is 0 Å². The molecule has 42 heavy (non-hydrogen) atoms. The Morgan fingerprint density at radius 1 is 0.262 bits per heavy atom. The number of benzene rings is 3. The van der Waals surface area contributed by atoms with Crippen molar-refractivity contribution < 1.29 is 0 Å². The minimum absolute atomic E-state index is 0.949. The molecule has 4 nitrogen and oxygen atoms in total. The van der Waals surface area contributed by atoms with Gasteiger partial charge >= 0.3 is 0 Å². The van der Waals surface area contributed by atoms with Gasteiger partial charge in [0.15, 0.2) is 0 Å². The molecule has 3 aromatic carbocycles. The average Bonchev–Trinajstić information content (AvgIpc) is 3.14. The van der Waals surface area contributed by atoms with Gasteiger partial charge in [-0.1, -0.05) is 144 Å². The molecule has 228 valence electrons. The van der Waals surface area contributed by atoms with E-state index in [9.17, 15) is 0 Å². The van der Waals surface area contributed by atoms with Crippen LogP contribution in [0.3, 0.4) is 0 Å². The van der Waals surface area contributed by atoms with E-state index in [1.807, 2.05) is 168 Å². The normalized spacial score (nSPS) is 8.00. The fourth-order valence-corrected chi connectivity index (χ4v) is 2.94. The van der Waals surface area contributed by atoms with Crippen molar-refractivity contribution in [2.75, 3.05) is 0 Å². The third-order valence-electron chi connectivity index (χ3n) is 4.40. The first-order valence-corrected chi connectivity index (χ1v) is 15.7. The molecule has 6 rings (SSSR count). The predicted octanol–water partition coefficient (Wildman–Crippen LogP) is 12.3. The zero-order valence-corrected chi connectivity index (χ0v) is 28.3. The van der Waals surface area contributed by atoms with Gasteiger partial charge in [0.25, 0.3) is 0 Å². The quantitative estimate of drug-likeness (QED) is 0.183. The maximum Gasteiger partial charge on any atom is 0.0886 e. The summed E-state index contributed by atoms with van der Waals surface area (Å²) in [5, 5.41) is 2.40.